The highest BCUT2D eigenvalue weighted by Crippen LogP contribution is 2.74. The van der Waals surface area contributed by atoms with Gasteiger partial charge in [-0.1, -0.05) is 54.6 Å². The summed E-state index contributed by atoms with van der Waals surface area (Å²) in [5, 5.41) is -1.42. The SMILES string of the molecule is FC(F)(F)C(F)(F)C(F)(F)C(F)(F)[P+](c1ccccc1)(c1ccccc1)c1ccccc1. The molecule has 10 heteroatoms. The number of alkyl halides is 9. The molecule has 0 atom stereocenters. The van der Waals surface area contributed by atoms with Crippen LogP contribution in [-0.2, 0) is 0 Å². The Labute approximate surface area is 178 Å². The summed E-state index contributed by atoms with van der Waals surface area (Å²) in [6.45, 7) is 0. The molecule has 0 radical (unpaired) electrons. The van der Waals surface area contributed by atoms with Crippen molar-refractivity contribution in [2.24, 2.45) is 0 Å². The molecule has 0 aliphatic rings. The van der Waals surface area contributed by atoms with E-state index in [0.717, 1.165) is 36.4 Å². The summed E-state index contributed by atoms with van der Waals surface area (Å²) in [5.74, 6) is -13.8. The number of hydrogen-bond acceptors (Lipinski definition) is 0. The van der Waals surface area contributed by atoms with Crippen molar-refractivity contribution in [1.82, 2.24) is 0 Å². The molecule has 0 aliphatic heterocycles. The van der Waals surface area contributed by atoms with Crippen molar-refractivity contribution in [1.29, 1.82) is 0 Å². The van der Waals surface area contributed by atoms with Crippen LogP contribution in [0.1, 0.15) is 0 Å². The van der Waals surface area contributed by atoms with E-state index < -0.39 is 46.9 Å². The number of hydrogen-bond donors (Lipinski definition) is 0. The van der Waals surface area contributed by atoms with Gasteiger partial charge in [0, 0.05) is 0 Å². The fourth-order valence-corrected chi connectivity index (χ4v) is 7.75. The minimum atomic E-state index is -6.99. The second kappa shape index (κ2) is 8.10. The lowest BCUT2D eigenvalue weighted by Crippen LogP contribution is -2.64. The van der Waals surface area contributed by atoms with Gasteiger partial charge in [0.1, 0.15) is 15.9 Å². The molecule has 0 nitrogen and oxygen atoms in total. The van der Waals surface area contributed by atoms with Crippen molar-refractivity contribution in [3.63, 3.8) is 0 Å². The van der Waals surface area contributed by atoms with Crippen LogP contribution in [0.5, 0.6) is 0 Å². The molecular formula is C22H15F9P+. The summed E-state index contributed by atoms with van der Waals surface area (Å²) in [7, 11) is -5.11. The first-order valence-electron chi connectivity index (χ1n) is 9.08. The topological polar surface area (TPSA) is 0 Å². The Morgan fingerprint density at radius 2 is 0.688 bits per heavy atom. The first kappa shape index (κ1) is 24.1. The van der Waals surface area contributed by atoms with E-state index in [1.54, 1.807) is 0 Å². The highest BCUT2D eigenvalue weighted by Gasteiger charge is 2.90. The Bertz CT molecular complexity index is 937. The Hall–Kier alpha value is -2.54. The largest absolute Gasteiger partial charge is 0.460 e. The van der Waals surface area contributed by atoms with Crippen LogP contribution in [0, 0.1) is 0 Å². The van der Waals surface area contributed by atoms with Gasteiger partial charge in [0.25, 0.3) is 0 Å². The van der Waals surface area contributed by atoms with E-state index in [-0.39, 0.29) is 0 Å². The lowest BCUT2D eigenvalue weighted by molar-refractivity contribution is -0.382. The van der Waals surface area contributed by atoms with E-state index in [1.165, 1.54) is 54.6 Å². The van der Waals surface area contributed by atoms with Crippen LogP contribution in [0.25, 0.3) is 0 Å². The zero-order valence-corrected chi connectivity index (χ0v) is 16.9. The average molecular weight is 481 g/mol. The maximum Gasteiger partial charge on any atom is 0.460 e. The van der Waals surface area contributed by atoms with E-state index >= 15 is 8.78 Å². The number of rotatable bonds is 6. The van der Waals surface area contributed by atoms with Gasteiger partial charge in [-0.25, -0.2) is 0 Å². The summed E-state index contributed by atoms with van der Waals surface area (Å²) in [4.78, 5) is 0. The lowest BCUT2D eigenvalue weighted by atomic mass is 10.1. The third-order valence-corrected chi connectivity index (χ3v) is 9.32. The fraction of sp³-hybridized carbons (Fsp3) is 0.182. The average Bonchev–Trinajstić information content (AvgIpc) is 2.75. The molecule has 0 aromatic heterocycles. The predicted octanol–water partition coefficient (Wildman–Crippen LogP) is 6.41. The Morgan fingerprint density at radius 3 is 0.938 bits per heavy atom. The smallest absolute Gasteiger partial charge is 0.189 e. The van der Waals surface area contributed by atoms with Crippen LogP contribution in [0.2, 0.25) is 0 Å². The molecule has 0 unspecified atom stereocenters. The van der Waals surface area contributed by atoms with Gasteiger partial charge in [-0.2, -0.15) is 39.5 Å². The molecule has 3 aromatic rings. The van der Waals surface area contributed by atoms with Gasteiger partial charge in [-0.05, 0) is 36.4 Å². The van der Waals surface area contributed by atoms with Crippen molar-refractivity contribution in [3.05, 3.63) is 91.0 Å². The van der Waals surface area contributed by atoms with Gasteiger partial charge in [-0.3, -0.25) is 0 Å². The monoisotopic (exact) mass is 481 g/mol. The molecule has 0 aliphatic carbocycles. The van der Waals surface area contributed by atoms with Crippen LogP contribution < -0.4 is 15.9 Å². The second-order valence-corrected chi connectivity index (χ2v) is 10.3. The zero-order valence-electron chi connectivity index (χ0n) is 16.0. The van der Waals surface area contributed by atoms with E-state index in [1.807, 2.05) is 0 Å². The quantitative estimate of drug-likeness (QED) is 0.282. The van der Waals surface area contributed by atoms with Crippen LogP contribution in [0.4, 0.5) is 39.5 Å². The van der Waals surface area contributed by atoms with Crippen LogP contribution in [0.3, 0.4) is 0 Å². The Balaban J connectivity index is 2.50. The summed E-state index contributed by atoms with van der Waals surface area (Å²) in [6, 6.07) is 17.7. The van der Waals surface area contributed by atoms with Crippen molar-refractivity contribution >= 4 is 23.2 Å². The van der Waals surface area contributed by atoms with E-state index in [2.05, 4.69) is 0 Å². The first-order chi connectivity index (χ1) is 14.8. The van der Waals surface area contributed by atoms with Crippen molar-refractivity contribution in [2.75, 3.05) is 0 Å². The van der Waals surface area contributed by atoms with Crippen LogP contribution >= 0.6 is 7.26 Å². The Morgan fingerprint density at radius 1 is 0.406 bits per heavy atom. The van der Waals surface area contributed by atoms with Crippen LogP contribution in [0.15, 0.2) is 91.0 Å². The van der Waals surface area contributed by atoms with Gasteiger partial charge in [0.2, 0.25) is 0 Å². The zero-order chi connectivity index (χ0) is 23.8. The molecule has 32 heavy (non-hydrogen) atoms. The van der Waals surface area contributed by atoms with Gasteiger partial charge < -0.3 is 0 Å². The van der Waals surface area contributed by atoms with Gasteiger partial charge in [-0.15, -0.1) is 0 Å². The molecular weight excluding hydrogens is 466 g/mol. The maximum atomic E-state index is 15.9. The highest BCUT2D eigenvalue weighted by molar-refractivity contribution is 7.96. The first-order valence-corrected chi connectivity index (χ1v) is 10.9. The summed E-state index contributed by atoms with van der Waals surface area (Å²) >= 11 is 0. The minimum Gasteiger partial charge on any atom is -0.189 e. The predicted molar refractivity (Wildman–Crippen MR) is 106 cm³/mol. The van der Waals surface area contributed by atoms with Crippen LogP contribution in [-0.4, -0.2) is 23.7 Å². The van der Waals surface area contributed by atoms with Crippen molar-refractivity contribution in [2.45, 2.75) is 23.7 Å². The molecule has 0 bridgehead atoms. The van der Waals surface area contributed by atoms with Gasteiger partial charge in [0.15, 0.2) is 7.26 Å². The second-order valence-electron chi connectivity index (χ2n) is 6.87. The lowest BCUT2D eigenvalue weighted by Gasteiger charge is -2.40. The summed E-state index contributed by atoms with van der Waals surface area (Å²) < 4.78 is 128. The van der Waals surface area contributed by atoms with Crippen molar-refractivity contribution in [3.8, 4) is 0 Å². The van der Waals surface area contributed by atoms with E-state index in [4.69, 9.17) is 0 Å². The maximum absolute atomic E-state index is 15.9. The molecule has 3 aromatic carbocycles. The highest BCUT2D eigenvalue weighted by atomic mass is 31.2. The molecule has 0 fully saturated rings. The van der Waals surface area contributed by atoms with Crippen molar-refractivity contribution < 1.29 is 39.5 Å². The minimum absolute atomic E-state index is 0.472. The molecule has 3 rings (SSSR count). The molecule has 0 saturated carbocycles. The summed E-state index contributed by atoms with van der Waals surface area (Å²) in [6.07, 6.45) is -6.90. The number of benzene rings is 3. The Kier molecular flexibility index (Phi) is 6.11. The fourth-order valence-electron chi connectivity index (χ4n) is 3.47. The van der Waals surface area contributed by atoms with Gasteiger partial charge >= 0.3 is 23.7 Å². The van der Waals surface area contributed by atoms with E-state index in [9.17, 15) is 30.7 Å². The third-order valence-electron chi connectivity index (χ3n) is 4.98. The molecule has 0 saturated heterocycles. The standard InChI is InChI=1S/C22H15F9P/c23-19(24,21(27,28)29)20(25,26)22(30,31)32(16-10-4-1-5-11-16,17-12-6-2-7-13-17)18-14-8-3-9-15-18/h1-15H/q+1. The molecule has 0 N–H and O–H groups in total. The summed E-state index contributed by atoms with van der Waals surface area (Å²) in [5.41, 5.74) is -5.83. The third kappa shape index (κ3) is 3.38. The normalized spacial score (nSPS) is 13.8. The molecule has 0 heterocycles. The van der Waals surface area contributed by atoms with E-state index in [0.29, 0.717) is 0 Å². The molecule has 0 spiro atoms. The number of halogens is 9. The molecule has 0 amide bonds. The van der Waals surface area contributed by atoms with Gasteiger partial charge in [0.05, 0.1) is 0 Å². The molecule has 170 valence electrons.